The summed E-state index contributed by atoms with van der Waals surface area (Å²) >= 11 is 1.46. The van der Waals surface area contributed by atoms with Crippen molar-refractivity contribution in [1.82, 2.24) is 4.98 Å². The Labute approximate surface area is 195 Å². The maximum atomic E-state index is 13.7. The predicted octanol–water partition coefficient (Wildman–Crippen LogP) is 5.80. The summed E-state index contributed by atoms with van der Waals surface area (Å²) in [5.74, 6) is -0.837. The molecule has 1 atom stereocenters. The van der Waals surface area contributed by atoms with Gasteiger partial charge in [-0.3, -0.25) is 4.79 Å². The molecular formula is C26H19NO4S2. The number of thiazole rings is 1. The number of rotatable bonds is 5. The number of sulfone groups is 1. The number of methoxy groups -OCH3 is 1. The first-order valence-electron chi connectivity index (χ1n) is 10.2. The zero-order valence-electron chi connectivity index (χ0n) is 17.6. The van der Waals surface area contributed by atoms with Crippen molar-refractivity contribution in [3.8, 4) is 10.6 Å². The monoisotopic (exact) mass is 473 g/mol. The number of ether oxygens (including phenoxy) is 1. The van der Waals surface area contributed by atoms with Gasteiger partial charge >= 0.3 is 5.97 Å². The minimum absolute atomic E-state index is 0.0591. The van der Waals surface area contributed by atoms with E-state index in [-0.39, 0.29) is 4.90 Å². The summed E-state index contributed by atoms with van der Waals surface area (Å²) in [4.78, 5) is 17.8. The minimum Gasteiger partial charge on any atom is -0.468 e. The lowest BCUT2D eigenvalue weighted by molar-refractivity contribution is -0.140. The van der Waals surface area contributed by atoms with Crippen molar-refractivity contribution in [3.05, 3.63) is 96.6 Å². The van der Waals surface area contributed by atoms with Crippen LogP contribution in [0, 0.1) is 0 Å². The van der Waals surface area contributed by atoms with Crippen LogP contribution in [-0.2, 0) is 19.4 Å². The van der Waals surface area contributed by atoms with E-state index >= 15 is 0 Å². The van der Waals surface area contributed by atoms with E-state index in [1.165, 1.54) is 30.6 Å². The van der Waals surface area contributed by atoms with Crippen LogP contribution in [0.2, 0.25) is 0 Å². The number of carbonyl (C=O) groups excluding carboxylic acids is 1. The van der Waals surface area contributed by atoms with Gasteiger partial charge in [-0.05, 0) is 52.7 Å². The van der Waals surface area contributed by atoms with Crippen molar-refractivity contribution in [2.75, 3.05) is 7.11 Å². The Bertz CT molecular complexity index is 1560. The zero-order chi connectivity index (χ0) is 23.0. The van der Waals surface area contributed by atoms with Crippen LogP contribution in [0.25, 0.3) is 31.6 Å². The standard InChI is InChI=1S/C26H19NO4S2/c1-31-26(28)24(33(29,30)19-11-3-2-4-12-19)20-15-17-9-5-6-10-18(17)16-21(20)25-27-22-13-7-8-14-23(22)32-25/h2-16,24H,1H3. The van der Waals surface area contributed by atoms with Crippen molar-refractivity contribution in [1.29, 1.82) is 0 Å². The van der Waals surface area contributed by atoms with E-state index in [1.54, 1.807) is 24.3 Å². The third-order valence-corrected chi connectivity index (χ3v) is 8.59. The molecule has 164 valence electrons. The molecule has 1 heterocycles. The number of hydrogen-bond donors (Lipinski definition) is 0. The van der Waals surface area contributed by atoms with Crippen LogP contribution in [0.1, 0.15) is 10.8 Å². The maximum Gasteiger partial charge on any atom is 0.329 e. The lowest BCUT2D eigenvalue weighted by Gasteiger charge is -2.19. The highest BCUT2D eigenvalue weighted by molar-refractivity contribution is 7.92. The molecule has 5 nitrogen and oxygen atoms in total. The first kappa shape index (κ1) is 21.3. The van der Waals surface area contributed by atoms with E-state index in [2.05, 4.69) is 0 Å². The van der Waals surface area contributed by atoms with Crippen LogP contribution in [0.15, 0.2) is 95.9 Å². The fraction of sp³-hybridized carbons (Fsp3) is 0.0769. The van der Waals surface area contributed by atoms with E-state index in [0.717, 1.165) is 21.0 Å². The number of esters is 1. The second-order valence-corrected chi connectivity index (χ2v) is 10.6. The molecule has 0 aliphatic carbocycles. The van der Waals surface area contributed by atoms with E-state index in [9.17, 15) is 13.2 Å². The van der Waals surface area contributed by atoms with Crippen molar-refractivity contribution >= 4 is 48.1 Å². The van der Waals surface area contributed by atoms with E-state index in [4.69, 9.17) is 9.72 Å². The second-order valence-electron chi connectivity index (χ2n) is 7.53. The fourth-order valence-electron chi connectivity index (χ4n) is 3.92. The number of hydrogen-bond acceptors (Lipinski definition) is 6. The van der Waals surface area contributed by atoms with E-state index < -0.39 is 21.1 Å². The van der Waals surface area contributed by atoms with Gasteiger partial charge in [0.15, 0.2) is 15.1 Å². The van der Waals surface area contributed by atoms with E-state index in [0.29, 0.717) is 16.1 Å². The molecule has 5 rings (SSSR count). The molecule has 0 saturated heterocycles. The van der Waals surface area contributed by atoms with Gasteiger partial charge in [0.05, 0.1) is 22.2 Å². The number of aromatic nitrogens is 1. The molecule has 0 radical (unpaired) electrons. The van der Waals surface area contributed by atoms with Gasteiger partial charge < -0.3 is 4.74 Å². The summed E-state index contributed by atoms with van der Waals surface area (Å²) < 4.78 is 33.4. The van der Waals surface area contributed by atoms with Crippen LogP contribution in [0.4, 0.5) is 0 Å². The lowest BCUT2D eigenvalue weighted by atomic mass is 9.98. The van der Waals surface area contributed by atoms with Crippen LogP contribution in [-0.4, -0.2) is 26.5 Å². The van der Waals surface area contributed by atoms with Gasteiger partial charge in [0.25, 0.3) is 0 Å². The van der Waals surface area contributed by atoms with Gasteiger partial charge in [0.2, 0.25) is 0 Å². The summed E-state index contributed by atoms with van der Waals surface area (Å²) in [5, 5.41) is 0.872. The molecule has 0 aliphatic rings. The largest absolute Gasteiger partial charge is 0.468 e. The minimum atomic E-state index is -4.09. The molecule has 0 aliphatic heterocycles. The summed E-state index contributed by atoms with van der Waals surface area (Å²) in [6.07, 6.45) is 0. The normalized spacial score (nSPS) is 12.6. The molecule has 5 aromatic rings. The first-order chi connectivity index (χ1) is 16.0. The Morgan fingerprint density at radius 3 is 2.21 bits per heavy atom. The number of para-hydroxylation sites is 1. The second kappa shape index (κ2) is 8.42. The van der Waals surface area contributed by atoms with E-state index in [1.807, 2.05) is 54.6 Å². The van der Waals surface area contributed by atoms with Crippen molar-refractivity contribution in [2.45, 2.75) is 10.1 Å². The molecule has 0 bridgehead atoms. The van der Waals surface area contributed by atoms with Crippen LogP contribution in [0.5, 0.6) is 0 Å². The third-order valence-electron chi connectivity index (χ3n) is 5.52. The molecule has 4 aromatic carbocycles. The van der Waals surface area contributed by atoms with Gasteiger partial charge in [0.1, 0.15) is 5.01 Å². The first-order valence-corrected chi connectivity index (χ1v) is 12.6. The Morgan fingerprint density at radius 2 is 1.52 bits per heavy atom. The molecule has 1 unspecified atom stereocenters. The molecule has 0 fully saturated rings. The van der Waals surface area contributed by atoms with Gasteiger partial charge in [-0.2, -0.15) is 0 Å². The Balaban J connectivity index is 1.82. The predicted molar refractivity (Wildman–Crippen MR) is 131 cm³/mol. The average molecular weight is 474 g/mol. The summed E-state index contributed by atoms with van der Waals surface area (Å²) in [7, 11) is -2.89. The molecule has 0 N–H and O–H groups in total. The van der Waals surface area contributed by atoms with Crippen LogP contribution >= 0.6 is 11.3 Å². The summed E-state index contributed by atoms with van der Waals surface area (Å²) in [6.45, 7) is 0. The average Bonchev–Trinajstić information content (AvgIpc) is 3.28. The van der Waals surface area contributed by atoms with Crippen LogP contribution < -0.4 is 0 Å². The molecule has 0 spiro atoms. The highest BCUT2D eigenvalue weighted by Gasteiger charge is 2.39. The molecular weight excluding hydrogens is 454 g/mol. The fourth-order valence-corrected chi connectivity index (χ4v) is 6.61. The quantitative estimate of drug-likeness (QED) is 0.302. The number of fused-ring (bicyclic) bond motifs is 2. The van der Waals surface area contributed by atoms with Gasteiger partial charge in [0, 0.05) is 5.56 Å². The molecule has 1 aromatic heterocycles. The van der Waals surface area contributed by atoms with Crippen LogP contribution in [0.3, 0.4) is 0 Å². The Kier molecular flexibility index (Phi) is 5.44. The summed E-state index contributed by atoms with van der Waals surface area (Å²) in [5.41, 5.74) is 1.77. The Morgan fingerprint density at radius 1 is 0.879 bits per heavy atom. The SMILES string of the molecule is COC(=O)C(c1cc2ccccc2cc1-c1nc2ccccc2s1)S(=O)(=O)c1ccccc1. The summed E-state index contributed by atoms with van der Waals surface area (Å²) in [6, 6.07) is 27.0. The third kappa shape index (κ3) is 3.79. The molecule has 0 saturated carbocycles. The number of carbonyl (C=O) groups is 1. The van der Waals surface area contributed by atoms with Crippen molar-refractivity contribution in [2.24, 2.45) is 0 Å². The van der Waals surface area contributed by atoms with Gasteiger partial charge in [-0.25, -0.2) is 13.4 Å². The zero-order valence-corrected chi connectivity index (χ0v) is 19.3. The lowest BCUT2D eigenvalue weighted by Crippen LogP contribution is -2.24. The van der Waals surface area contributed by atoms with Crippen molar-refractivity contribution in [3.63, 3.8) is 0 Å². The molecule has 33 heavy (non-hydrogen) atoms. The number of nitrogens with zero attached hydrogens (tertiary/aromatic N) is 1. The van der Waals surface area contributed by atoms with Crippen molar-refractivity contribution < 1.29 is 17.9 Å². The number of benzene rings is 4. The maximum absolute atomic E-state index is 13.7. The topological polar surface area (TPSA) is 73.3 Å². The van der Waals surface area contributed by atoms with Gasteiger partial charge in [-0.1, -0.05) is 54.6 Å². The van der Waals surface area contributed by atoms with Gasteiger partial charge in [-0.15, -0.1) is 11.3 Å². The highest BCUT2D eigenvalue weighted by atomic mass is 32.2. The molecule has 7 heteroatoms. The molecule has 0 amide bonds. The smallest absolute Gasteiger partial charge is 0.329 e. The highest BCUT2D eigenvalue weighted by Crippen LogP contribution is 2.41. The Hall–Kier alpha value is -3.55.